The van der Waals surface area contributed by atoms with Gasteiger partial charge in [-0.15, -0.1) is 5.10 Å². The number of piperidine rings is 1. The molecule has 0 radical (unpaired) electrons. The van der Waals surface area contributed by atoms with Gasteiger partial charge in [-0.3, -0.25) is 0 Å². The molecule has 0 saturated carbocycles. The van der Waals surface area contributed by atoms with Gasteiger partial charge in [-0.25, -0.2) is 9.50 Å². The number of rotatable bonds is 2. The maximum atomic E-state index is 5.20. The number of fused-ring (bicyclic) bond motifs is 1. The molecule has 1 N–H and O–H groups in total. The number of hydrogen-bond acceptors (Lipinski definition) is 4. The van der Waals surface area contributed by atoms with Crippen molar-refractivity contribution in [2.45, 2.75) is 25.7 Å². The molecule has 5 nitrogen and oxygen atoms in total. The van der Waals surface area contributed by atoms with Gasteiger partial charge in [0.1, 0.15) is 0 Å². The topological polar surface area (TPSA) is 51.5 Å². The second-order valence-corrected chi connectivity index (χ2v) is 4.77. The molecule has 1 unspecified atom stereocenters. The van der Waals surface area contributed by atoms with E-state index in [0.717, 1.165) is 24.4 Å². The summed E-state index contributed by atoms with van der Waals surface area (Å²) in [5.74, 6) is 1.12. The number of imidazole rings is 1. The van der Waals surface area contributed by atoms with Crippen LogP contribution in [0.15, 0.2) is 12.1 Å². The van der Waals surface area contributed by atoms with Gasteiger partial charge in [0.15, 0.2) is 5.65 Å². The zero-order valence-corrected chi connectivity index (χ0v) is 10.8. The molecular formula is C13H18N4O. The number of ether oxygens (including phenoxy) is 1. The van der Waals surface area contributed by atoms with Gasteiger partial charge in [0.25, 0.3) is 0 Å². The zero-order valence-electron chi connectivity index (χ0n) is 10.8. The number of nitrogens with one attached hydrogen (secondary N) is 1. The summed E-state index contributed by atoms with van der Waals surface area (Å²) >= 11 is 0. The van der Waals surface area contributed by atoms with Gasteiger partial charge in [0.05, 0.1) is 18.5 Å². The fourth-order valence-corrected chi connectivity index (χ4v) is 2.71. The SMILES string of the molecule is COc1ccc2nc(C)c(C3CCCNC3)n2n1. The Morgan fingerprint density at radius 1 is 1.44 bits per heavy atom. The summed E-state index contributed by atoms with van der Waals surface area (Å²) in [4.78, 5) is 4.58. The lowest BCUT2D eigenvalue weighted by Gasteiger charge is -2.22. The molecule has 5 heteroatoms. The Bertz CT molecular complexity index is 557. The van der Waals surface area contributed by atoms with Crippen LogP contribution in [0.4, 0.5) is 0 Å². The lowest BCUT2D eigenvalue weighted by molar-refractivity contribution is 0.386. The first-order valence-corrected chi connectivity index (χ1v) is 6.40. The number of nitrogens with zero attached hydrogens (tertiary/aromatic N) is 3. The molecule has 2 aromatic rings. The van der Waals surface area contributed by atoms with Crippen molar-refractivity contribution in [2.75, 3.05) is 20.2 Å². The Morgan fingerprint density at radius 3 is 3.06 bits per heavy atom. The van der Waals surface area contributed by atoms with Crippen LogP contribution in [0.2, 0.25) is 0 Å². The lowest BCUT2D eigenvalue weighted by Crippen LogP contribution is -2.29. The van der Waals surface area contributed by atoms with Crippen LogP contribution in [0.25, 0.3) is 5.65 Å². The molecule has 0 aromatic carbocycles. The van der Waals surface area contributed by atoms with E-state index < -0.39 is 0 Å². The Hall–Kier alpha value is -1.62. The largest absolute Gasteiger partial charge is 0.480 e. The van der Waals surface area contributed by atoms with E-state index >= 15 is 0 Å². The molecule has 3 heterocycles. The normalized spacial score (nSPS) is 20.2. The van der Waals surface area contributed by atoms with E-state index in [9.17, 15) is 0 Å². The van der Waals surface area contributed by atoms with Crippen LogP contribution < -0.4 is 10.1 Å². The van der Waals surface area contributed by atoms with E-state index in [-0.39, 0.29) is 0 Å². The average molecular weight is 246 g/mol. The first-order valence-electron chi connectivity index (χ1n) is 6.40. The fraction of sp³-hybridized carbons (Fsp3) is 0.538. The molecule has 0 aliphatic carbocycles. The molecule has 0 spiro atoms. The highest BCUT2D eigenvalue weighted by molar-refractivity contribution is 5.43. The molecule has 0 amide bonds. The first-order chi connectivity index (χ1) is 8.79. The molecule has 1 saturated heterocycles. The Balaban J connectivity index is 2.10. The minimum absolute atomic E-state index is 0.494. The average Bonchev–Trinajstić information content (AvgIpc) is 2.74. The van der Waals surface area contributed by atoms with Crippen LogP contribution in [0.1, 0.15) is 30.1 Å². The van der Waals surface area contributed by atoms with Crippen LogP contribution in [-0.4, -0.2) is 34.8 Å². The van der Waals surface area contributed by atoms with Gasteiger partial charge in [-0.1, -0.05) is 0 Å². The van der Waals surface area contributed by atoms with Gasteiger partial charge in [-0.2, -0.15) is 0 Å². The Labute approximate surface area is 106 Å². The summed E-state index contributed by atoms with van der Waals surface area (Å²) in [6, 6.07) is 3.81. The smallest absolute Gasteiger partial charge is 0.231 e. The maximum Gasteiger partial charge on any atom is 0.231 e. The molecule has 1 atom stereocenters. The van der Waals surface area contributed by atoms with Gasteiger partial charge < -0.3 is 10.1 Å². The van der Waals surface area contributed by atoms with Crippen LogP contribution in [0.5, 0.6) is 5.88 Å². The molecule has 2 aromatic heterocycles. The third kappa shape index (κ3) is 1.84. The quantitative estimate of drug-likeness (QED) is 0.872. The Kier molecular flexibility index (Phi) is 2.91. The number of methoxy groups -OCH3 is 1. The highest BCUT2D eigenvalue weighted by Gasteiger charge is 2.22. The molecule has 96 valence electrons. The predicted molar refractivity (Wildman–Crippen MR) is 69.1 cm³/mol. The van der Waals surface area contributed by atoms with E-state index in [1.54, 1.807) is 7.11 Å². The van der Waals surface area contributed by atoms with E-state index in [1.165, 1.54) is 18.5 Å². The highest BCUT2D eigenvalue weighted by atomic mass is 16.5. The van der Waals surface area contributed by atoms with Crippen molar-refractivity contribution in [3.8, 4) is 5.88 Å². The van der Waals surface area contributed by atoms with Crippen molar-refractivity contribution >= 4 is 5.65 Å². The van der Waals surface area contributed by atoms with Gasteiger partial charge in [0.2, 0.25) is 5.88 Å². The van der Waals surface area contributed by atoms with Crippen molar-refractivity contribution in [1.29, 1.82) is 0 Å². The summed E-state index contributed by atoms with van der Waals surface area (Å²) < 4.78 is 7.13. The summed E-state index contributed by atoms with van der Waals surface area (Å²) in [6.07, 6.45) is 2.40. The van der Waals surface area contributed by atoms with Crippen molar-refractivity contribution in [3.05, 3.63) is 23.5 Å². The summed E-state index contributed by atoms with van der Waals surface area (Å²) in [7, 11) is 1.64. The molecule has 1 aliphatic rings. The van der Waals surface area contributed by atoms with Gasteiger partial charge >= 0.3 is 0 Å². The van der Waals surface area contributed by atoms with Crippen molar-refractivity contribution in [2.24, 2.45) is 0 Å². The van der Waals surface area contributed by atoms with Crippen LogP contribution in [0.3, 0.4) is 0 Å². The number of hydrogen-bond donors (Lipinski definition) is 1. The second kappa shape index (κ2) is 4.57. The highest BCUT2D eigenvalue weighted by Crippen LogP contribution is 2.27. The monoisotopic (exact) mass is 246 g/mol. The molecular weight excluding hydrogens is 228 g/mol. The molecule has 1 fully saturated rings. The van der Waals surface area contributed by atoms with E-state index in [1.807, 2.05) is 16.6 Å². The third-order valence-corrected chi connectivity index (χ3v) is 3.56. The second-order valence-electron chi connectivity index (χ2n) is 4.77. The standard InChI is InChI=1S/C13H18N4O/c1-9-13(10-4-3-7-14-8-10)17-11(15-9)5-6-12(16-17)18-2/h5-6,10,14H,3-4,7-8H2,1-2H3. The van der Waals surface area contributed by atoms with Gasteiger partial charge in [-0.05, 0) is 32.4 Å². The van der Waals surface area contributed by atoms with Crippen LogP contribution in [-0.2, 0) is 0 Å². The maximum absolute atomic E-state index is 5.20. The molecule has 0 bridgehead atoms. The number of aryl methyl sites for hydroxylation is 1. The summed E-state index contributed by atoms with van der Waals surface area (Å²) in [5.41, 5.74) is 3.19. The van der Waals surface area contributed by atoms with Crippen LogP contribution >= 0.6 is 0 Å². The van der Waals surface area contributed by atoms with Gasteiger partial charge in [0, 0.05) is 18.5 Å². The summed E-state index contributed by atoms with van der Waals surface area (Å²) in [5, 5.41) is 7.94. The van der Waals surface area contributed by atoms with Crippen molar-refractivity contribution in [1.82, 2.24) is 19.9 Å². The minimum Gasteiger partial charge on any atom is -0.480 e. The molecule has 1 aliphatic heterocycles. The zero-order chi connectivity index (χ0) is 12.5. The molecule has 3 rings (SSSR count). The predicted octanol–water partition coefficient (Wildman–Crippen LogP) is 1.51. The fourth-order valence-electron chi connectivity index (χ4n) is 2.71. The Morgan fingerprint density at radius 2 is 2.33 bits per heavy atom. The van der Waals surface area contributed by atoms with E-state index in [0.29, 0.717) is 11.8 Å². The van der Waals surface area contributed by atoms with Crippen molar-refractivity contribution < 1.29 is 4.74 Å². The summed E-state index contributed by atoms with van der Waals surface area (Å²) in [6.45, 7) is 4.18. The number of aromatic nitrogens is 3. The minimum atomic E-state index is 0.494. The van der Waals surface area contributed by atoms with E-state index in [2.05, 4.69) is 22.3 Å². The lowest BCUT2D eigenvalue weighted by atomic mass is 9.95. The third-order valence-electron chi connectivity index (χ3n) is 3.56. The van der Waals surface area contributed by atoms with Crippen molar-refractivity contribution in [3.63, 3.8) is 0 Å². The molecule has 18 heavy (non-hydrogen) atoms. The first kappa shape index (κ1) is 11.5. The van der Waals surface area contributed by atoms with Crippen LogP contribution in [0, 0.1) is 6.92 Å². The van der Waals surface area contributed by atoms with E-state index in [4.69, 9.17) is 4.74 Å².